The van der Waals surface area contributed by atoms with Gasteiger partial charge in [-0.3, -0.25) is 0 Å². The SMILES string of the molecule is N#Cc1cc2cc(F)cc(Br)c2o1. The average molecular weight is 240 g/mol. The number of nitrogens with zero attached hydrogens (tertiary/aromatic N) is 1. The first-order valence-corrected chi connectivity index (χ1v) is 4.28. The molecule has 0 bridgehead atoms. The van der Waals surface area contributed by atoms with Crippen LogP contribution in [0.3, 0.4) is 0 Å². The van der Waals surface area contributed by atoms with E-state index in [-0.39, 0.29) is 11.6 Å². The van der Waals surface area contributed by atoms with Gasteiger partial charge < -0.3 is 4.42 Å². The fraction of sp³-hybridized carbons (Fsp3) is 0. The molecule has 0 N–H and O–H groups in total. The molecule has 0 unspecified atom stereocenters. The van der Waals surface area contributed by atoms with E-state index in [4.69, 9.17) is 9.68 Å². The van der Waals surface area contributed by atoms with Crippen molar-refractivity contribution in [1.29, 1.82) is 5.26 Å². The number of nitriles is 1. The van der Waals surface area contributed by atoms with Gasteiger partial charge in [0.2, 0.25) is 5.76 Å². The van der Waals surface area contributed by atoms with Crippen molar-refractivity contribution in [2.24, 2.45) is 0 Å². The zero-order chi connectivity index (χ0) is 9.42. The van der Waals surface area contributed by atoms with Crippen LogP contribution in [0.15, 0.2) is 27.1 Å². The molecule has 2 aromatic rings. The largest absolute Gasteiger partial charge is 0.444 e. The Bertz CT molecular complexity index is 512. The number of furan rings is 1. The molecule has 0 aliphatic carbocycles. The van der Waals surface area contributed by atoms with Gasteiger partial charge >= 0.3 is 0 Å². The van der Waals surface area contributed by atoms with Crippen LogP contribution in [0.5, 0.6) is 0 Å². The summed E-state index contributed by atoms with van der Waals surface area (Å²) in [6, 6.07) is 5.98. The molecule has 1 heterocycles. The maximum absolute atomic E-state index is 12.9. The minimum atomic E-state index is -0.357. The number of halogens is 2. The van der Waals surface area contributed by atoms with Crippen LogP contribution in [0.4, 0.5) is 4.39 Å². The fourth-order valence-corrected chi connectivity index (χ4v) is 1.66. The number of hydrogen-bond acceptors (Lipinski definition) is 2. The molecule has 0 saturated carbocycles. The minimum Gasteiger partial charge on any atom is -0.444 e. The maximum Gasteiger partial charge on any atom is 0.204 e. The third-order valence-electron chi connectivity index (χ3n) is 1.65. The highest BCUT2D eigenvalue weighted by Gasteiger charge is 2.07. The molecule has 0 spiro atoms. The predicted octanol–water partition coefficient (Wildman–Crippen LogP) is 3.21. The van der Waals surface area contributed by atoms with Gasteiger partial charge in [-0.05, 0) is 28.1 Å². The van der Waals surface area contributed by atoms with E-state index in [9.17, 15) is 4.39 Å². The molecule has 0 amide bonds. The van der Waals surface area contributed by atoms with E-state index in [0.717, 1.165) is 0 Å². The van der Waals surface area contributed by atoms with Gasteiger partial charge in [0.15, 0.2) is 0 Å². The minimum absolute atomic E-state index is 0.182. The first-order valence-electron chi connectivity index (χ1n) is 3.49. The molecule has 13 heavy (non-hydrogen) atoms. The van der Waals surface area contributed by atoms with Gasteiger partial charge in [0.1, 0.15) is 17.5 Å². The van der Waals surface area contributed by atoms with Gasteiger partial charge in [-0.2, -0.15) is 5.26 Å². The van der Waals surface area contributed by atoms with Crippen molar-refractivity contribution in [2.45, 2.75) is 0 Å². The highest BCUT2D eigenvalue weighted by Crippen LogP contribution is 2.27. The smallest absolute Gasteiger partial charge is 0.204 e. The summed E-state index contributed by atoms with van der Waals surface area (Å²) in [5.74, 6) is -0.175. The Labute approximate surface area is 81.7 Å². The third kappa shape index (κ3) is 1.31. The van der Waals surface area contributed by atoms with Gasteiger partial charge in [0.05, 0.1) is 4.47 Å². The van der Waals surface area contributed by atoms with E-state index in [1.54, 1.807) is 0 Å². The highest BCUT2D eigenvalue weighted by atomic mass is 79.9. The molecule has 64 valence electrons. The van der Waals surface area contributed by atoms with Crippen LogP contribution in [0, 0.1) is 17.1 Å². The van der Waals surface area contributed by atoms with Crippen LogP contribution in [0.25, 0.3) is 11.0 Å². The van der Waals surface area contributed by atoms with E-state index in [2.05, 4.69) is 15.9 Å². The summed E-state index contributed by atoms with van der Waals surface area (Å²) in [4.78, 5) is 0. The van der Waals surface area contributed by atoms with Crippen LogP contribution in [0.1, 0.15) is 5.76 Å². The molecule has 0 atom stereocenters. The number of hydrogen-bond donors (Lipinski definition) is 0. The second-order valence-corrected chi connectivity index (χ2v) is 3.38. The second-order valence-electron chi connectivity index (χ2n) is 2.53. The number of fused-ring (bicyclic) bond motifs is 1. The van der Waals surface area contributed by atoms with Crippen LogP contribution in [0.2, 0.25) is 0 Å². The summed E-state index contributed by atoms with van der Waals surface area (Å²) in [5, 5.41) is 9.13. The quantitative estimate of drug-likeness (QED) is 0.708. The normalized spacial score (nSPS) is 10.2. The van der Waals surface area contributed by atoms with Crippen LogP contribution in [-0.2, 0) is 0 Å². The average Bonchev–Trinajstić information content (AvgIpc) is 2.47. The fourth-order valence-electron chi connectivity index (χ4n) is 1.13. The van der Waals surface area contributed by atoms with Crippen molar-refractivity contribution < 1.29 is 8.81 Å². The lowest BCUT2D eigenvalue weighted by Crippen LogP contribution is -1.73. The summed E-state index contributed by atoms with van der Waals surface area (Å²) >= 11 is 3.15. The lowest BCUT2D eigenvalue weighted by molar-refractivity contribution is 0.594. The van der Waals surface area contributed by atoms with Gasteiger partial charge in [-0.1, -0.05) is 0 Å². The molecule has 4 heteroatoms. The summed E-state index contributed by atoms with van der Waals surface area (Å²) in [6.45, 7) is 0. The van der Waals surface area contributed by atoms with E-state index in [1.807, 2.05) is 6.07 Å². The Hall–Kier alpha value is -1.34. The predicted molar refractivity (Wildman–Crippen MR) is 48.6 cm³/mol. The van der Waals surface area contributed by atoms with Crippen LogP contribution in [-0.4, -0.2) is 0 Å². The Balaban J connectivity index is 2.84. The maximum atomic E-state index is 12.9. The third-order valence-corrected chi connectivity index (χ3v) is 2.23. The van der Waals surface area contributed by atoms with Gasteiger partial charge in [-0.25, -0.2) is 4.39 Å². The van der Waals surface area contributed by atoms with Gasteiger partial charge in [0, 0.05) is 11.5 Å². The van der Waals surface area contributed by atoms with Crippen molar-refractivity contribution in [2.75, 3.05) is 0 Å². The lowest BCUT2D eigenvalue weighted by Gasteiger charge is -1.91. The molecule has 0 fully saturated rings. The molecule has 2 nitrogen and oxygen atoms in total. The first-order chi connectivity index (χ1) is 6.20. The van der Waals surface area contributed by atoms with Crippen molar-refractivity contribution in [3.63, 3.8) is 0 Å². The zero-order valence-corrected chi connectivity index (χ0v) is 7.93. The van der Waals surface area contributed by atoms with Crippen LogP contribution < -0.4 is 0 Å². The van der Waals surface area contributed by atoms with E-state index in [1.165, 1.54) is 18.2 Å². The molecule has 2 rings (SSSR count). The molecule has 0 aliphatic rings. The molecule has 0 saturated heterocycles. The molecule has 0 aliphatic heterocycles. The summed E-state index contributed by atoms with van der Waals surface area (Å²) in [5.41, 5.74) is 0.498. The van der Waals surface area contributed by atoms with Crippen molar-refractivity contribution in [3.8, 4) is 6.07 Å². The first kappa shape index (κ1) is 8.27. The Morgan fingerprint density at radius 2 is 2.15 bits per heavy atom. The highest BCUT2D eigenvalue weighted by molar-refractivity contribution is 9.10. The Kier molecular flexibility index (Phi) is 1.82. The van der Waals surface area contributed by atoms with E-state index in [0.29, 0.717) is 15.4 Å². The standard InChI is InChI=1S/C9H3BrFNO/c10-8-3-6(11)1-5-2-7(4-12)13-9(5)8/h1-3H. The molecular weight excluding hydrogens is 237 g/mol. The monoisotopic (exact) mass is 239 g/mol. The van der Waals surface area contributed by atoms with Crippen LogP contribution >= 0.6 is 15.9 Å². The van der Waals surface area contributed by atoms with Crippen molar-refractivity contribution in [1.82, 2.24) is 0 Å². The van der Waals surface area contributed by atoms with Crippen molar-refractivity contribution >= 4 is 26.9 Å². The molecular formula is C9H3BrFNO. The Morgan fingerprint density at radius 3 is 2.85 bits per heavy atom. The topological polar surface area (TPSA) is 36.9 Å². The summed E-state index contributed by atoms with van der Waals surface area (Å²) in [7, 11) is 0. The zero-order valence-electron chi connectivity index (χ0n) is 6.34. The summed E-state index contributed by atoms with van der Waals surface area (Å²) in [6.07, 6.45) is 0. The Morgan fingerprint density at radius 1 is 1.38 bits per heavy atom. The van der Waals surface area contributed by atoms with E-state index < -0.39 is 0 Å². The number of rotatable bonds is 0. The molecule has 0 radical (unpaired) electrons. The lowest BCUT2D eigenvalue weighted by atomic mass is 10.2. The second kappa shape index (κ2) is 2.86. The van der Waals surface area contributed by atoms with Gasteiger partial charge in [0.25, 0.3) is 0 Å². The van der Waals surface area contributed by atoms with Crippen molar-refractivity contribution in [3.05, 3.63) is 34.2 Å². The van der Waals surface area contributed by atoms with E-state index >= 15 is 0 Å². The molecule has 1 aromatic heterocycles. The molecule has 1 aromatic carbocycles. The van der Waals surface area contributed by atoms with Gasteiger partial charge in [-0.15, -0.1) is 0 Å². The number of benzene rings is 1. The summed E-state index contributed by atoms with van der Waals surface area (Å²) < 4.78 is 18.5.